The van der Waals surface area contributed by atoms with E-state index in [-0.39, 0.29) is 17.8 Å². The third-order valence-electron chi connectivity index (χ3n) is 7.87. The smallest absolute Gasteiger partial charge is 0.271 e. The summed E-state index contributed by atoms with van der Waals surface area (Å²) in [6, 6.07) is 27.8. The molecule has 1 fully saturated rings. The normalized spacial score (nSPS) is 16.1. The van der Waals surface area contributed by atoms with Gasteiger partial charge >= 0.3 is 0 Å². The van der Waals surface area contributed by atoms with Crippen LogP contribution < -0.4 is 19.7 Å². The molecule has 1 saturated heterocycles. The van der Waals surface area contributed by atoms with Crippen molar-refractivity contribution in [1.29, 1.82) is 0 Å². The van der Waals surface area contributed by atoms with Crippen molar-refractivity contribution in [3.05, 3.63) is 136 Å². The number of nitro groups is 1. The van der Waals surface area contributed by atoms with Crippen LogP contribution >= 0.6 is 12.2 Å². The largest absolute Gasteiger partial charge is 0.495 e. The zero-order valence-corrected chi connectivity index (χ0v) is 25.5. The van der Waals surface area contributed by atoms with Gasteiger partial charge in [-0.15, -0.1) is 0 Å². The number of ether oxygens (including phenoxy) is 2. The molecule has 0 amide bonds. The van der Waals surface area contributed by atoms with Crippen molar-refractivity contribution in [3.8, 4) is 22.9 Å². The van der Waals surface area contributed by atoms with Crippen LogP contribution in [0.2, 0.25) is 0 Å². The standard InChI is InChI=1S/C34H31N5O4S/c1-21-8-13-26(14-9-21)43-27-15-10-24(11-16-27)38-33(32(36-34(38)44)29-7-5-6-18-35-29)28-19-22(2)37(23(28)3)30-20-25(39(40)41)12-17-31(30)42-4/h5-20,32-33H,1-4H3,(H,36,44)/t32-,33-/m0/s1. The lowest BCUT2D eigenvalue weighted by atomic mass is 9.96. The molecule has 0 spiro atoms. The number of hydrogen-bond donors (Lipinski definition) is 1. The Kier molecular flexibility index (Phi) is 7.75. The van der Waals surface area contributed by atoms with Crippen LogP contribution in [0.1, 0.15) is 40.3 Å². The predicted molar refractivity (Wildman–Crippen MR) is 174 cm³/mol. The molecule has 222 valence electrons. The molecular weight excluding hydrogens is 574 g/mol. The first-order valence-corrected chi connectivity index (χ1v) is 14.5. The van der Waals surface area contributed by atoms with Gasteiger partial charge in [-0.05, 0) is 99.2 Å². The summed E-state index contributed by atoms with van der Waals surface area (Å²) in [5.41, 5.74) is 6.28. The molecule has 10 heteroatoms. The maximum Gasteiger partial charge on any atom is 0.271 e. The number of aryl methyl sites for hydroxylation is 2. The van der Waals surface area contributed by atoms with Gasteiger partial charge in [0.05, 0.1) is 35.5 Å². The summed E-state index contributed by atoms with van der Waals surface area (Å²) in [6.45, 7) is 6.03. The molecule has 0 aliphatic carbocycles. The molecule has 2 atom stereocenters. The predicted octanol–water partition coefficient (Wildman–Crippen LogP) is 7.68. The Hall–Kier alpha value is -5.22. The minimum absolute atomic E-state index is 0.0144. The van der Waals surface area contributed by atoms with E-state index in [1.807, 2.05) is 92.1 Å². The average molecular weight is 606 g/mol. The number of methoxy groups -OCH3 is 1. The van der Waals surface area contributed by atoms with E-state index < -0.39 is 4.92 Å². The summed E-state index contributed by atoms with van der Waals surface area (Å²) >= 11 is 5.94. The van der Waals surface area contributed by atoms with E-state index in [9.17, 15) is 10.1 Å². The van der Waals surface area contributed by atoms with E-state index in [1.54, 1.807) is 25.4 Å². The Morgan fingerprint density at radius 2 is 1.64 bits per heavy atom. The summed E-state index contributed by atoms with van der Waals surface area (Å²) in [5, 5.41) is 15.7. The summed E-state index contributed by atoms with van der Waals surface area (Å²) in [5.74, 6) is 2.01. The zero-order chi connectivity index (χ0) is 31.0. The number of rotatable bonds is 8. The number of thiocarbonyl (C=S) groups is 1. The summed E-state index contributed by atoms with van der Waals surface area (Å²) in [7, 11) is 1.56. The van der Waals surface area contributed by atoms with Gasteiger partial charge in [0.2, 0.25) is 0 Å². The summed E-state index contributed by atoms with van der Waals surface area (Å²) < 4.78 is 13.7. The maximum atomic E-state index is 11.7. The third-order valence-corrected chi connectivity index (χ3v) is 8.19. The third kappa shape index (κ3) is 5.35. The Labute approximate surface area is 260 Å². The molecule has 3 heterocycles. The van der Waals surface area contributed by atoms with Crippen LogP contribution in [0.5, 0.6) is 17.2 Å². The topological polar surface area (TPSA) is 94.7 Å². The van der Waals surface area contributed by atoms with Crippen molar-refractivity contribution >= 4 is 28.7 Å². The lowest BCUT2D eigenvalue weighted by molar-refractivity contribution is -0.384. The van der Waals surface area contributed by atoms with Crippen molar-refractivity contribution < 1.29 is 14.4 Å². The van der Waals surface area contributed by atoms with Gasteiger partial charge in [0.15, 0.2) is 5.11 Å². The van der Waals surface area contributed by atoms with E-state index in [0.717, 1.165) is 34.1 Å². The van der Waals surface area contributed by atoms with Crippen LogP contribution in [0, 0.1) is 30.9 Å². The van der Waals surface area contributed by atoms with Gasteiger partial charge in [0.25, 0.3) is 5.69 Å². The fourth-order valence-electron chi connectivity index (χ4n) is 5.79. The van der Waals surface area contributed by atoms with Crippen LogP contribution in [-0.4, -0.2) is 26.7 Å². The molecule has 9 nitrogen and oxygen atoms in total. The Morgan fingerprint density at radius 3 is 2.27 bits per heavy atom. The Balaban J connectivity index is 1.44. The highest BCUT2D eigenvalue weighted by Gasteiger charge is 2.42. The minimum Gasteiger partial charge on any atom is -0.495 e. The Bertz CT molecular complexity index is 1840. The van der Waals surface area contributed by atoms with Crippen molar-refractivity contribution in [2.24, 2.45) is 0 Å². The molecule has 1 aliphatic rings. The van der Waals surface area contributed by atoms with Crippen molar-refractivity contribution in [1.82, 2.24) is 14.9 Å². The first-order chi connectivity index (χ1) is 21.2. The number of benzene rings is 3. The molecule has 0 saturated carbocycles. The molecule has 3 aromatic carbocycles. The Morgan fingerprint density at radius 1 is 0.932 bits per heavy atom. The van der Waals surface area contributed by atoms with Crippen LogP contribution in [0.3, 0.4) is 0 Å². The number of nitrogens with one attached hydrogen (secondary N) is 1. The number of nitro benzene ring substituents is 1. The molecule has 2 aromatic heterocycles. The van der Waals surface area contributed by atoms with Crippen LogP contribution in [0.15, 0.2) is 97.2 Å². The van der Waals surface area contributed by atoms with Crippen molar-refractivity contribution in [2.45, 2.75) is 32.9 Å². The van der Waals surface area contributed by atoms with E-state index in [4.69, 9.17) is 21.7 Å². The first kappa shape index (κ1) is 28.9. The molecule has 0 unspecified atom stereocenters. The number of pyridine rings is 1. The SMILES string of the molecule is COc1ccc([N+](=O)[O-])cc1-n1c(C)cc([C@H]2[C@H](c3ccccn3)NC(=S)N2c2ccc(Oc3ccc(C)cc3)cc2)c1C. The van der Waals surface area contributed by atoms with E-state index >= 15 is 0 Å². The van der Waals surface area contributed by atoms with Gasteiger partial charge in [0.1, 0.15) is 17.2 Å². The fourth-order valence-corrected chi connectivity index (χ4v) is 6.14. The van der Waals surface area contributed by atoms with E-state index in [0.29, 0.717) is 22.3 Å². The quantitative estimate of drug-likeness (QED) is 0.109. The monoisotopic (exact) mass is 605 g/mol. The first-order valence-electron chi connectivity index (χ1n) is 14.1. The highest BCUT2D eigenvalue weighted by Crippen LogP contribution is 2.45. The average Bonchev–Trinajstić information content (AvgIpc) is 3.53. The van der Waals surface area contributed by atoms with Crippen molar-refractivity contribution in [3.63, 3.8) is 0 Å². The molecular formula is C34H31N5O4S. The van der Waals surface area contributed by atoms with Gasteiger partial charge in [-0.25, -0.2) is 0 Å². The lowest BCUT2D eigenvalue weighted by Crippen LogP contribution is -2.29. The molecule has 1 N–H and O–H groups in total. The van der Waals surface area contributed by atoms with Gasteiger partial charge < -0.3 is 24.3 Å². The number of aromatic nitrogens is 2. The fraction of sp³-hybridized carbons (Fsp3) is 0.176. The number of hydrogen-bond acceptors (Lipinski definition) is 6. The van der Waals surface area contributed by atoms with Crippen molar-refractivity contribution in [2.75, 3.05) is 12.0 Å². The highest BCUT2D eigenvalue weighted by molar-refractivity contribution is 7.80. The van der Waals surface area contributed by atoms with Gasteiger partial charge in [-0.3, -0.25) is 15.1 Å². The summed E-state index contributed by atoms with van der Waals surface area (Å²) in [6.07, 6.45) is 1.77. The van der Waals surface area contributed by atoms with Crippen LogP contribution in [0.4, 0.5) is 11.4 Å². The molecule has 0 radical (unpaired) electrons. The zero-order valence-electron chi connectivity index (χ0n) is 24.7. The van der Waals surface area contributed by atoms with Gasteiger partial charge in [-0.1, -0.05) is 23.8 Å². The lowest BCUT2D eigenvalue weighted by Gasteiger charge is -2.28. The maximum absolute atomic E-state index is 11.7. The molecule has 5 aromatic rings. The van der Waals surface area contributed by atoms with Gasteiger partial charge in [-0.2, -0.15) is 0 Å². The molecule has 6 rings (SSSR count). The number of nitrogens with zero attached hydrogens (tertiary/aromatic N) is 4. The number of non-ortho nitro benzene ring substituents is 1. The van der Waals surface area contributed by atoms with E-state index in [1.165, 1.54) is 11.6 Å². The molecule has 0 bridgehead atoms. The minimum atomic E-state index is -0.400. The summed E-state index contributed by atoms with van der Waals surface area (Å²) in [4.78, 5) is 18.0. The molecule has 44 heavy (non-hydrogen) atoms. The van der Waals surface area contributed by atoms with Crippen LogP contribution in [0.25, 0.3) is 5.69 Å². The number of anilines is 1. The second-order valence-electron chi connectivity index (χ2n) is 10.7. The van der Waals surface area contributed by atoms with E-state index in [2.05, 4.69) is 21.3 Å². The van der Waals surface area contributed by atoms with Gasteiger partial charge in [0, 0.05) is 35.4 Å². The second kappa shape index (κ2) is 11.8. The molecule has 1 aliphatic heterocycles. The van der Waals surface area contributed by atoms with Crippen LogP contribution in [-0.2, 0) is 0 Å². The highest BCUT2D eigenvalue weighted by atomic mass is 32.1. The second-order valence-corrected chi connectivity index (χ2v) is 11.1.